The fourth-order valence-electron chi connectivity index (χ4n) is 1.07. The van der Waals surface area contributed by atoms with Crippen LogP contribution in [0.1, 0.15) is 19.8 Å². The molecule has 0 fully saturated rings. The molecule has 86 valence electrons. The van der Waals surface area contributed by atoms with Crippen molar-refractivity contribution in [3.05, 3.63) is 0 Å². The fraction of sp³-hybridized carbons (Fsp3) is 0.800. The molecule has 1 unspecified atom stereocenters. The lowest BCUT2D eigenvalue weighted by Crippen LogP contribution is -2.36. The van der Waals surface area contributed by atoms with Crippen molar-refractivity contribution in [3.63, 3.8) is 0 Å². The number of nitrogens with one attached hydrogen (secondary N) is 2. The minimum absolute atomic E-state index is 0.0959. The van der Waals surface area contributed by atoms with E-state index >= 15 is 0 Å². The van der Waals surface area contributed by atoms with E-state index in [4.69, 9.17) is 10.4 Å². The van der Waals surface area contributed by atoms with Gasteiger partial charge < -0.3 is 15.7 Å². The van der Waals surface area contributed by atoms with Crippen molar-refractivity contribution in [2.75, 3.05) is 26.2 Å². The van der Waals surface area contributed by atoms with Crippen LogP contribution in [0, 0.1) is 17.2 Å². The first kappa shape index (κ1) is 13.9. The summed E-state index contributed by atoms with van der Waals surface area (Å²) >= 11 is 0. The second kappa shape index (κ2) is 9.44. The summed E-state index contributed by atoms with van der Waals surface area (Å²) in [7, 11) is 0. The Kier molecular flexibility index (Phi) is 8.73. The maximum Gasteiger partial charge on any atom is 0.233 e. The molecule has 0 aliphatic rings. The summed E-state index contributed by atoms with van der Waals surface area (Å²) in [6.07, 6.45) is 1.08. The molecule has 1 amide bonds. The van der Waals surface area contributed by atoms with Gasteiger partial charge in [-0.25, -0.2) is 0 Å². The average Bonchev–Trinajstić information content (AvgIpc) is 2.18. The molecule has 5 heteroatoms. The Morgan fingerprint density at radius 1 is 1.60 bits per heavy atom. The van der Waals surface area contributed by atoms with Crippen LogP contribution in [0.2, 0.25) is 0 Å². The second-order valence-electron chi connectivity index (χ2n) is 3.51. The van der Waals surface area contributed by atoms with Gasteiger partial charge in [-0.05, 0) is 18.9 Å². The zero-order chi connectivity index (χ0) is 11.5. The third kappa shape index (κ3) is 9.19. The predicted octanol–water partition coefficient (Wildman–Crippen LogP) is -0.376. The smallest absolute Gasteiger partial charge is 0.233 e. The van der Waals surface area contributed by atoms with E-state index in [2.05, 4.69) is 10.6 Å². The van der Waals surface area contributed by atoms with Gasteiger partial charge in [0, 0.05) is 13.2 Å². The first-order chi connectivity index (χ1) is 7.20. The summed E-state index contributed by atoms with van der Waals surface area (Å²) in [6, 6.07) is 1.95. The number of carbonyl (C=O) groups is 1. The molecule has 0 spiro atoms. The maximum absolute atomic E-state index is 11.1. The van der Waals surface area contributed by atoms with Gasteiger partial charge in [-0.2, -0.15) is 5.26 Å². The third-order valence-electron chi connectivity index (χ3n) is 1.96. The van der Waals surface area contributed by atoms with Gasteiger partial charge in [0.05, 0.1) is 19.0 Å². The number of rotatable bonds is 8. The van der Waals surface area contributed by atoms with Crippen molar-refractivity contribution >= 4 is 5.91 Å². The van der Waals surface area contributed by atoms with E-state index in [0.717, 1.165) is 6.42 Å². The van der Waals surface area contributed by atoms with Crippen LogP contribution in [0.15, 0.2) is 0 Å². The molecule has 0 aliphatic carbocycles. The Labute approximate surface area is 90.5 Å². The van der Waals surface area contributed by atoms with Gasteiger partial charge in [-0.3, -0.25) is 4.79 Å². The third-order valence-corrected chi connectivity index (χ3v) is 1.96. The number of hydrogen-bond donors (Lipinski definition) is 3. The molecular weight excluding hydrogens is 194 g/mol. The normalized spacial score (nSPS) is 11.8. The van der Waals surface area contributed by atoms with E-state index in [1.807, 2.05) is 13.0 Å². The molecule has 0 saturated carbocycles. The highest BCUT2D eigenvalue weighted by Gasteiger charge is 2.03. The van der Waals surface area contributed by atoms with Crippen LogP contribution in [-0.4, -0.2) is 37.3 Å². The van der Waals surface area contributed by atoms with E-state index in [1.54, 1.807) is 0 Å². The monoisotopic (exact) mass is 213 g/mol. The van der Waals surface area contributed by atoms with Gasteiger partial charge in [0.1, 0.15) is 0 Å². The number of nitrogens with zero attached hydrogens (tertiary/aromatic N) is 1. The topological polar surface area (TPSA) is 85.2 Å². The van der Waals surface area contributed by atoms with E-state index in [9.17, 15) is 4.79 Å². The van der Waals surface area contributed by atoms with E-state index in [0.29, 0.717) is 25.4 Å². The van der Waals surface area contributed by atoms with Crippen molar-refractivity contribution in [1.82, 2.24) is 10.6 Å². The molecule has 0 aliphatic heterocycles. The summed E-state index contributed by atoms with van der Waals surface area (Å²) in [5.41, 5.74) is 0. The summed E-state index contributed by atoms with van der Waals surface area (Å²) < 4.78 is 0. The highest BCUT2D eigenvalue weighted by Crippen LogP contribution is 1.97. The number of aliphatic hydroxyl groups is 1. The minimum atomic E-state index is -0.0959. The lowest BCUT2D eigenvalue weighted by Gasteiger charge is -2.10. The first-order valence-corrected chi connectivity index (χ1v) is 5.16. The first-order valence-electron chi connectivity index (χ1n) is 5.16. The molecule has 0 radical (unpaired) electrons. The van der Waals surface area contributed by atoms with Crippen LogP contribution in [0.5, 0.6) is 0 Å². The van der Waals surface area contributed by atoms with Crippen molar-refractivity contribution in [1.29, 1.82) is 5.26 Å². The molecule has 0 rings (SSSR count). The summed E-state index contributed by atoms with van der Waals surface area (Å²) in [4.78, 5) is 11.1. The van der Waals surface area contributed by atoms with Crippen molar-refractivity contribution in [2.24, 2.45) is 5.92 Å². The zero-order valence-corrected chi connectivity index (χ0v) is 9.12. The average molecular weight is 213 g/mol. The molecule has 5 nitrogen and oxygen atoms in total. The fourth-order valence-corrected chi connectivity index (χ4v) is 1.07. The van der Waals surface area contributed by atoms with E-state index < -0.39 is 0 Å². The molecule has 1 atom stereocenters. The number of amides is 1. The van der Waals surface area contributed by atoms with Crippen LogP contribution >= 0.6 is 0 Å². The number of hydrogen-bond acceptors (Lipinski definition) is 4. The quantitative estimate of drug-likeness (QED) is 0.480. The van der Waals surface area contributed by atoms with Gasteiger partial charge >= 0.3 is 0 Å². The molecule has 3 N–H and O–H groups in total. The molecule has 0 aromatic heterocycles. The number of nitriles is 1. The van der Waals surface area contributed by atoms with Crippen LogP contribution < -0.4 is 10.6 Å². The van der Waals surface area contributed by atoms with E-state index in [-0.39, 0.29) is 19.1 Å². The van der Waals surface area contributed by atoms with Crippen LogP contribution in [0.3, 0.4) is 0 Å². The highest BCUT2D eigenvalue weighted by atomic mass is 16.3. The van der Waals surface area contributed by atoms with Crippen LogP contribution in [-0.2, 0) is 4.79 Å². The molecule has 0 heterocycles. The summed E-state index contributed by atoms with van der Waals surface area (Å²) in [6.45, 7) is 3.57. The van der Waals surface area contributed by atoms with E-state index in [1.165, 1.54) is 0 Å². The van der Waals surface area contributed by atoms with Gasteiger partial charge in [-0.15, -0.1) is 0 Å². The number of carbonyl (C=O) groups excluding carboxylic acids is 1. The van der Waals surface area contributed by atoms with Gasteiger partial charge in [0.2, 0.25) is 5.91 Å². The Balaban J connectivity index is 3.35. The molecule has 15 heavy (non-hydrogen) atoms. The van der Waals surface area contributed by atoms with Crippen molar-refractivity contribution < 1.29 is 9.90 Å². The highest BCUT2D eigenvalue weighted by molar-refractivity contribution is 5.77. The molecular formula is C10H19N3O2. The van der Waals surface area contributed by atoms with Gasteiger partial charge in [0.15, 0.2) is 0 Å². The van der Waals surface area contributed by atoms with Crippen molar-refractivity contribution in [2.45, 2.75) is 19.8 Å². The summed E-state index contributed by atoms with van der Waals surface area (Å²) in [5, 5.41) is 22.5. The van der Waals surface area contributed by atoms with Crippen molar-refractivity contribution in [3.8, 4) is 6.07 Å². The SMILES string of the molecule is CC(CCO)CNCC(=O)NCCC#N. The zero-order valence-electron chi connectivity index (χ0n) is 9.12. The number of aliphatic hydroxyl groups excluding tert-OH is 1. The van der Waals surface area contributed by atoms with Crippen LogP contribution in [0.4, 0.5) is 0 Å². The summed E-state index contributed by atoms with van der Waals surface area (Å²) in [5.74, 6) is 0.267. The standard InChI is InChI=1S/C10H19N3O2/c1-9(3-6-14)7-12-8-10(15)13-5-2-4-11/h9,12,14H,2-3,5-8H2,1H3,(H,13,15). The molecule has 0 saturated heterocycles. The van der Waals surface area contributed by atoms with Gasteiger partial charge in [-0.1, -0.05) is 6.92 Å². The Morgan fingerprint density at radius 2 is 2.33 bits per heavy atom. The maximum atomic E-state index is 11.1. The predicted molar refractivity (Wildman–Crippen MR) is 57.0 cm³/mol. The second-order valence-corrected chi connectivity index (χ2v) is 3.51. The Bertz CT molecular complexity index is 213. The lowest BCUT2D eigenvalue weighted by atomic mass is 10.1. The van der Waals surface area contributed by atoms with Gasteiger partial charge in [0.25, 0.3) is 0 Å². The Hall–Kier alpha value is -1.12. The Morgan fingerprint density at radius 3 is 2.93 bits per heavy atom. The van der Waals surface area contributed by atoms with Crippen LogP contribution in [0.25, 0.3) is 0 Å². The molecule has 0 bridgehead atoms. The largest absolute Gasteiger partial charge is 0.396 e. The molecule has 0 aromatic rings. The molecule has 0 aromatic carbocycles. The minimum Gasteiger partial charge on any atom is -0.396 e. The lowest BCUT2D eigenvalue weighted by molar-refractivity contribution is -0.120.